The SMILES string of the molecule is C=CCOC(=O)[C@H]1C(=O)C[C@](C)(O)[C@@H](C(=O)OCC=C)[C@H]1c1ccc(C(=O)OC)cc1. The molecule has 0 amide bonds. The number of hydrogen-bond donors (Lipinski definition) is 1. The lowest BCUT2D eigenvalue weighted by molar-refractivity contribution is -0.172. The molecule has 0 spiro atoms. The van der Waals surface area contributed by atoms with Crippen LogP contribution in [0.5, 0.6) is 0 Å². The molecule has 0 bridgehead atoms. The van der Waals surface area contributed by atoms with Crippen molar-refractivity contribution < 1.29 is 38.5 Å². The van der Waals surface area contributed by atoms with Crippen LogP contribution in [-0.2, 0) is 28.6 Å². The van der Waals surface area contributed by atoms with Gasteiger partial charge in [-0.05, 0) is 24.6 Å². The molecule has 166 valence electrons. The predicted molar refractivity (Wildman–Crippen MR) is 110 cm³/mol. The Kier molecular flexibility index (Phi) is 7.88. The van der Waals surface area contributed by atoms with Gasteiger partial charge in [0.1, 0.15) is 19.1 Å². The number of ether oxygens (including phenoxy) is 3. The van der Waals surface area contributed by atoms with Gasteiger partial charge in [-0.15, -0.1) is 0 Å². The Morgan fingerprint density at radius 2 is 1.65 bits per heavy atom. The van der Waals surface area contributed by atoms with E-state index in [9.17, 15) is 24.3 Å². The number of ketones is 1. The topological polar surface area (TPSA) is 116 Å². The number of carbonyl (C=O) groups is 4. The molecule has 4 atom stereocenters. The molecule has 0 saturated heterocycles. The van der Waals surface area contributed by atoms with Crippen LogP contribution < -0.4 is 0 Å². The second kappa shape index (κ2) is 10.2. The fraction of sp³-hybridized carbons (Fsp3) is 0.391. The average Bonchev–Trinajstić information content (AvgIpc) is 2.74. The van der Waals surface area contributed by atoms with Gasteiger partial charge in [0, 0.05) is 12.3 Å². The summed E-state index contributed by atoms with van der Waals surface area (Å²) in [6.07, 6.45) is 2.30. The number of hydrogen-bond acceptors (Lipinski definition) is 8. The van der Waals surface area contributed by atoms with Crippen molar-refractivity contribution in [2.45, 2.75) is 24.9 Å². The van der Waals surface area contributed by atoms with Crippen molar-refractivity contribution in [1.82, 2.24) is 0 Å². The zero-order valence-corrected chi connectivity index (χ0v) is 17.5. The molecular weight excluding hydrogens is 404 g/mol. The van der Waals surface area contributed by atoms with Crippen LogP contribution >= 0.6 is 0 Å². The molecule has 0 aromatic heterocycles. The van der Waals surface area contributed by atoms with Gasteiger partial charge in [0.2, 0.25) is 0 Å². The first-order valence-electron chi connectivity index (χ1n) is 9.66. The van der Waals surface area contributed by atoms with Gasteiger partial charge in [-0.25, -0.2) is 4.79 Å². The Labute approximate surface area is 180 Å². The fourth-order valence-electron chi connectivity index (χ4n) is 3.84. The number of benzene rings is 1. The fourth-order valence-corrected chi connectivity index (χ4v) is 3.84. The van der Waals surface area contributed by atoms with Crippen molar-refractivity contribution in [2.75, 3.05) is 20.3 Å². The summed E-state index contributed by atoms with van der Waals surface area (Å²) in [4.78, 5) is 50.3. The Morgan fingerprint density at radius 3 is 2.16 bits per heavy atom. The Bertz CT molecular complexity index is 868. The number of carbonyl (C=O) groups excluding carboxylic acids is 4. The maximum absolute atomic E-state index is 12.9. The van der Waals surface area contributed by atoms with Crippen LogP contribution in [0.15, 0.2) is 49.6 Å². The first-order valence-corrected chi connectivity index (χ1v) is 9.66. The lowest BCUT2D eigenvalue weighted by atomic mass is 9.61. The van der Waals surface area contributed by atoms with Gasteiger partial charge in [-0.1, -0.05) is 37.4 Å². The summed E-state index contributed by atoms with van der Waals surface area (Å²) in [6, 6.07) is 5.92. The van der Waals surface area contributed by atoms with Gasteiger partial charge >= 0.3 is 17.9 Å². The molecule has 0 unspecified atom stereocenters. The first-order chi connectivity index (χ1) is 14.7. The summed E-state index contributed by atoms with van der Waals surface area (Å²) >= 11 is 0. The van der Waals surface area contributed by atoms with E-state index in [2.05, 4.69) is 17.9 Å². The first kappa shape index (κ1) is 24.0. The highest BCUT2D eigenvalue weighted by Crippen LogP contribution is 2.46. The minimum absolute atomic E-state index is 0.0983. The van der Waals surface area contributed by atoms with E-state index in [4.69, 9.17) is 9.47 Å². The Morgan fingerprint density at radius 1 is 1.10 bits per heavy atom. The molecule has 1 aliphatic rings. The van der Waals surface area contributed by atoms with Crippen molar-refractivity contribution in [3.63, 3.8) is 0 Å². The van der Waals surface area contributed by atoms with Crippen molar-refractivity contribution in [1.29, 1.82) is 0 Å². The van der Waals surface area contributed by atoms with Gasteiger partial charge in [0.25, 0.3) is 0 Å². The minimum atomic E-state index is -1.77. The minimum Gasteiger partial charge on any atom is -0.465 e. The van der Waals surface area contributed by atoms with Crippen LogP contribution in [-0.4, -0.2) is 54.7 Å². The maximum Gasteiger partial charge on any atom is 0.337 e. The lowest BCUT2D eigenvalue weighted by Crippen LogP contribution is -2.55. The van der Waals surface area contributed by atoms with E-state index in [1.165, 1.54) is 50.5 Å². The number of aliphatic hydroxyl groups is 1. The van der Waals surface area contributed by atoms with Crippen molar-refractivity contribution in [2.24, 2.45) is 11.8 Å². The summed E-state index contributed by atoms with van der Waals surface area (Å²) in [5, 5.41) is 11.0. The molecule has 2 rings (SSSR count). The molecule has 0 heterocycles. The summed E-state index contributed by atoms with van der Waals surface area (Å²) in [7, 11) is 1.24. The highest BCUT2D eigenvalue weighted by molar-refractivity contribution is 6.03. The molecule has 8 heteroatoms. The van der Waals surface area contributed by atoms with Gasteiger partial charge in [0.15, 0.2) is 5.78 Å². The molecule has 0 aliphatic heterocycles. The molecule has 0 radical (unpaired) electrons. The lowest BCUT2D eigenvalue weighted by Gasteiger charge is -2.43. The van der Waals surface area contributed by atoms with E-state index in [1.807, 2.05) is 0 Å². The van der Waals surface area contributed by atoms with E-state index < -0.39 is 53.5 Å². The van der Waals surface area contributed by atoms with E-state index in [0.29, 0.717) is 5.56 Å². The standard InChI is InChI=1S/C23H26O8/c1-5-11-30-21(26)18-16(24)13-23(3,28)19(22(27)31-12-6-2)17(18)14-7-9-15(10-8-14)20(25)29-4/h5-10,17-19,28H,1-2,11-13H2,3-4H3/t17-,18-,19+,23-/m0/s1. The number of esters is 3. The van der Waals surface area contributed by atoms with Crippen LogP contribution in [0.3, 0.4) is 0 Å². The van der Waals surface area contributed by atoms with Crippen LogP contribution in [0, 0.1) is 11.8 Å². The van der Waals surface area contributed by atoms with Crippen LogP contribution in [0.25, 0.3) is 0 Å². The summed E-state index contributed by atoms with van der Waals surface area (Å²) in [6.45, 7) is 8.11. The van der Waals surface area contributed by atoms with Crippen molar-refractivity contribution in [3.05, 3.63) is 60.7 Å². The van der Waals surface area contributed by atoms with Gasteiger partial charge < -0.3 is 19.3 Å². The Hall–Kier alpha value is -3.26. The van der Waals surface area contributed by atoms with E-state index in [0.717, 1.165) is 0 Å². The predicted octanol–water partition coefficient (Wildman–Crippen LogP) is 1.97. The molecule has 1 N–H and O–H groups in total. The third-order valence-corrected chi connectivity index (χ3v) is 5.18. The number of methoxy groups -OCH3 is 1. The molecule has 31 heavy (non-hydrogen) atoms. The molecule has 1 aromatic carbocycles. The zero-order valence-electron chi connectivity index (χ0n) is 17.5. The molecule has 1 aliphatic carbocycles. The molecular formula is C23H26O8. The number of rotatable bonds is 8. The smallest absolute Gasteiger partial charge is 0.337 e. The third-order valence-electron chi connectivity index (χ3n) is 5.18. The third kappa shape index (κ3) is 5.27. The van der Waals surface area contributed by atoms with Gasteiger partial charge in [0.05, 0.1) is 24.2 Å². The number of Topliss-reactive ketones (excluding diaryl/α,β-unsaturated/α-hetero) is 1. The highest BCUT2D eigenvalue weighted by atomic mass is 16.5. The van der Waals surface area contributed by atoms with E-state index in [-0.39, 0.29) is 18.8 Å². The summed E-state index contributed by atoms with van der Waals surface area (Å²) in [5.41, 5.74) is -1.13. The average molecular weight is 430 g/mol. The van der Waals surface area contributed by atoms with Crippen molar-refractivity contribution >= 4 is 23.7 Å². The summed E-state index contributed by atoms with van der Waals surface area (Å²) in [5.74, 6) is -6.39. The second-order valence-corrected chi connectivity index (χ2v) is 7.43. The van der Waals surface area contributed by atoms with Crippen LogP contribution in [0.1, 0.15) is 35.2 Å². The molecule has 1 aromatic rings. The monoisotopic (exact) mass is 430 g/mol. The summed E-state index contributed by atoms with van der Waals surface area (Å²) < 4.78 is 15.0. The van der Waals surface area contributed by atoms with Crippen LogP contribution in [0.4, 0.5) is 0 Å². The molecule has 1 saturated carbocycles. The van der Waals surface area contributed by atoms with E-state index in [1.54, 1.807) is 0 Å². The molecule has 8 nitrogen and oxygen atoms in total. The van der Waals surface area contributed by atoms with Gasteiger partial charge in [-0.3, -0.25) is 14.4 Å². The maximum atomic E-state index is 12.9. The van der Waals surface area contributed by atoms with Gasteiger partial charge in [-0.2, -0.15) is 0 Å². The zero-order chi connectivity index (χ0) is 23.2. The Balaban J connectivity index is 2.58. The van der Waals surface area contributed by atoms with E-state index >= 15 is 0 Å². The van der Waals surface area contributed by atoms with Crippen molar-refractivity contribution in [3.8, 4) is 0 Å². The second-order valence-electron chi connectivity index (χ2n) is 7.43. The normalized spacial score (nSPS) is 25.3. The molecule has 1 fully saturated rings. The highest BCUT2D eigenvalue weighted by Gasteiger charge is 2.57. The quantitative estimate of drug-likeness (QED) is 0.288. The van der Waals surface area contributed by atoms with Crippen LogP contribution in [0.2, 0.25) is 0 Å². The largest absolute Gasteiger partial charge is 0.465 e.